The second-order valence-corrected chi connectivity index (χ2v) is 4.80. The lowest BCUT2D eigenvalue weighted by atomic mass is 9.98. The van der Waals surface area contributed by atoms with Crippen molar-refractivity contribution in [3.05, 3.63) is 0 Å². The molecule has 16 heavy (non-hydrogen) atoms. The minimum absolute atomic E-state index is 0.659. The lowest BCUT2D eigenvalue weighted by Crippen LogP contribution is -2.45. The second kappa shape index (κ2) is 10.1. The molecule has 2 heteroatoms. The van der Waals surface area contributed by atoms with Crippen LogP contribution in [0.2, 0.25) is 0 Å². The molecule has 0 saturated carbocycles. The number of hydrogen-bond acceptors (Lipinski definition) is 2. The van der Waals surface area contributed by atoms with Gasteiger partial charge in [0.15, 0.2) is 0 Å². The van der Waals surface area contributed by atoms with Crippen molar-refractivity contribution in [3.63, 3.8) is 0 Å². The van der Waals surface area contributed by atoms with Crippen molar-refractivity contribution in [2.75, 3.05) is 26.2 Å². The quantitative estimate of drug-likeness (QED) is 0.618. The molecule has 2 unspecified atom stereocenters. The molecule has 0 aliphatic rings. The Bertz CT molecular complexity index is 148. The maximum absolute atomic E-state index is 3.63. The molecule has 0 aliphatic carbocycles. The van der Waals surface area contributed by atoms with Crippen LogP contribution in [0.3, 0.4) is 0 Å². The summed E-state index contributed by atoms with van der Waals surface area (Å²) in [6, 6.07) is 0.659. The lowest BCUT2D eigenvalue weighted by molar-refractivity contribution is 0.217. The van der Waals surface area contributed by atoms with E-state index in [1.807, 2.05) is 0 Å². The summed E-state index contributed by atoms with van der Waals surface area (Å²) in [6.07, 6.45) is 3.89. The molecular formula is C14H32N2. The Balaban J connectivity index is 4.11. The topological polar surface area (TPSA) is 15.3 Å². The van der Waals surface area contributed by atoms with Crippen molar-refractivity contribution in [2.24, 2.45) is 5.92 Å². The fourth-order valence-electron chi connectivity index (χ4n) is 2.03. The van der Waals surface area contributed by atoms with Gasteiger partial charge in [-0.3, -0.25) is 0 Å². The highest BCUT2D eigenvalue weighted by atomic mass is 15.1. The van der Waals surface area contributed by atoms with Crippen molar-refractivity contribution >= 4 is 0 Å². The third-order valence-corrected chi connectivity index (χ3v) is 3.53. The minimum Gasteiger partial charge on any atom is -0.313 e. The molecule has 2 nitrogen and oxygen atoms in total. The Morgan fingerprint density at radius 1 is 1.12 bits per heavy atom. The number of nitrogens with zero attached hydrogens (tertiary/aromatic N) is 1. The number of nitrogens with one attached hydrogen (secondary N) is 1. The molecule has 0 aliphatic heterocycles. The van der Waals surface area contributed by atoms with Crippen LogP contribution in [0.1, 0.15) is 53.9 Å². The van der Waals surface area contributed by atoms with Crippen LogP contribution in [0.4, 0.5) is 0 Å². The average Bonchev–Trinajstić information content (AvgIpc) is 2.32. The van der Waals surface area contributed by atoms with Crippen LogP contribution in [0, 0.1) is 5.92 Å². The standard InChI is InChI=1S/C14H32N2/c1-6-10-11-16(9-4)12-14(15-8-3)13(5)7-2/h13-15H,6-12H2,1-5H3. The summed E-state index contributed by atoms with van der Waals surface area (Å²) in [6.45, 7) is 16.1. The molecule has 98 valence electrons. The van der Waals surface area contributed by atoms with Crippen LogP contribution in [0.25, 0.3) is 0 Å². The molecule has 0 radical (unpaired) electrons. The van der Waals surface area contributed by atoms with Crippen molar-refractivity contribution < 1.29 is 0 Å². The van der Waals surface area contributed by atoms with Crippen LogP contribution in [-0.2, 0) is 0 Å². The number of rotatable bonds is 10. The van der Waals surface area contributed by atoms with Crippen molar-refractivity contribution in [1.29, 1.82) is 0 Å². The summed E-state index contributed by atoms with van der Waals surface area (Å²) >= 11 is 0. The van der Waals surface area contributed by atoms with Gasteiger partial charge < -0.3 is 10.2 Å². The predicted molar refractivity (Wildman–Crippen MR) is 73.9 cm³/mol. The van der Waals surface area contributed by atoms with E-state index < -0.39 is 0 Å². The van der Waals surface area contributed by atoms with E-state index in [1.165, 1.54) is 38.9 Å². The first kappa shape index (κ1) is 15.9. The Hall–Kier alpha value is -0.0800. The van der Waals surface area contributed by atoms with E-state index in [-0.39, 0.29) is 0 Å². The fraction of sp³-hybridized carbons (Fsp3) is 1.00. The van der Waals surface area contributed by atoms with Crippen LogP contribution in [-0.4, -0.2) is 37.1 Å². The van der Waals surface area contributed by atoms with E-state index in [1.54, 1.807) is 0 Å². The second-order valence-electron chi connectivity index (χ2n) is 4.80. The van der Waals surface area contributed by atoms with Crippen LogP contribution >= 0.6 is 0 Å². The van der Waals surface area contributed by atoms with E-state index in [2.05, 4.69) is 44.8 Å². The summed E-state index contributed by atoms with van der Waals surface area (Å²) in [7, 11) is 0. The van der Waals surface area contributed by atoms with Crippen molar-refractivity contribution in [2.45, 2.75) is 59.9 Å². The Labute approximate surface area is 103 Å². The summed E-state index contributed by atoms with van der Waals surface area (Å²) in [5.74, 6) is 0.774. The summed E-state index contributed by atoms with van der Waals surface area (Å²) in [5.41, 5.74) is 0. The van der Waals surface area contributed by atoms with Crippen LogP contribution in [0.5, 0.6) is 0 Å². The largest absolute Gasteiger partial charge is 0.313 e. The molecule has 0 aromatic carbocycles. The van der Waals surface area contributed by atoms with Gasteiger partial charge in [-0.05, 0) is 32.0 Å². The molecule has 0 bridgehead atoms. The first-order valence-electron chi connectivity index (χ1n) is 7.15. The van der Waals surface area contributed by atoms with E-state index in [0.717, 1.165) is 12.5 Å². The maximum atomic E-state index is 3.63. The van der Waals surface area contributed by atoms with Gasteiger partial charge in [-0.15, -0.1) is 0 Å². The molecular weight excluding hydrogens is 196 g/mol. The number of hydrogen-bond donors (Lipinski definition) is 1. The molecule has 2 atom stereocenters. The van der Waals surface area contributed by atoms with Crippen molar-refractivity contribution in [1.82, 2.24) is 10.2 Å². The normalized spacial score (nSPS) is 15.4. The SMILES string of the molecule is CCCCN(CC)CC(NCC)C(C)CC. The van der Waals surface area contributed by atoms with Gasteiger partial charge >= 0.3 is 0 Å². The van der Waals surface area contributed by atoms with E-state index in [4.69, 9.17) is 0 Å². The molecule has 0 aromatic heterocycles. The maximum Gasteiger partial charge on any atom is 0.0220 e. The van der Waals surface area contributed by atoms with Gasteiger partial charge in [-0.25, -0.2) is 0 Å². The molecule has 0 aromatic rings. The first-order valence-corrected chi connectivity index (χ1v) is 7.15. The summed E-state index contributed by atoms with van der Waals surface area (Å²) in [4.78, 5) is 2.59. The number of likely N-dealkylation sites (N-methyl/N-ethyl adjacent to an activating group) is 2. The molecule has 0 rings (SSSR count). The van der Waals surface area contributed by atoms with Gasteiger partial charge in [0, 0.05) is 12.6 Å². The Morgan fingerprint density at radius 2 is 1.81 bits per heavy atom. The highest BCUT2D eigenvalue weighted by Gasteiger charge is 2.17. The lowest BCUT2D eigenvalue weighted by Gasteiger charge is -2.30. The van der Waals surface area contributed by atoms with Gasteiger partial charge in [0.1, 0.15) is 0 Å². The van der Waals surface area contributed by atoms with Gasteiger partial charge in [-0.1, -0.05) is 47.5 Å². The molecule has 0 spiro atoms. The van der Waals surface area contributed by atoms with E-state index in [0.29, 0.717) is 6.04 Å². The Kier molecular flexibility index (Phi) is 10.0. The molecule has 1 N–H and O–H groups in total. The van der Waals surface area contributed by atoms with Gasteiger partial charge in [0.2, 0.25) is 0 Å². The Morgan fingerprint density at radius 3 is 2.25 bits per heavy atom. The number of unbranched alkanes of at least 4 members (excludes halogenated alkanes) is 1. The zero-order valence-electron chi connectivity index (χ0n) is 12.1. The van der Waals surface area contributed by atoms with Gasteiger partial charge in [0.05, 0.1) is 0 Å². The molecule has 0 heterocycles. The summed E-state index contributed by atoms with van der Waals surface area (Å²) in [5, 5.41) is 3.63. The van der Waals surface area contributed by atoms with Gasteiger partial charge in [0.25, 0.3) is 0 Å². The third kappa shape index (κ3) is 6.49. The molecule has 0 fully saturated rings. The zero-order valence-corrected chi connectivity index (χ0v) is 12.1. The van der Waals surface area contributed by atoms with Crippen LogP contribution < -0.4 is 5.32 Å². The molecule has 0 amide bonds. The summed E-state index contributed by atoms with van der Waals surface area (Å²) < 4.78 is 0. The van der Waals surface area contributed by atoms with E-state index in [9.17, 15) is 0 Å². The molecule has 0 saturated heterocycles. The highest BCUT2D eigenvalue weighted by molar-refractivity contribution is 4.76. The fourth-order valence-corrected chi connectivity index (χ4v) is 2.03. The van der Waals surface area contributed by atoms with Gasteiger partial charge in [-0.2, -0.15) is 0 Å². The minimum atomic E-state index is 0.659. The average molecular weight is 228 g/mol. The third-order valence-electron chi connectivity index (χ3n) is 3.53. The monoisotopic (exact) mass is 228 g/mol. The first-order chi connectivity index (χ1) is 7.69. The van der Waals surface area contributed by atoms with E-state index >= 15 is 0 Å². The van der Waals surface area contributed by atoms with Crippen molar-refractivity contribution in [3.8, 4) is 0 Å². The predicted octanol–water partition coefficient (Wildman–Crippen LogP) is 3.13. The highest BCUT2D eigenvalue weighted by Crippen LogP contribution is 2.10. The van der Waals surface area contributed by atoms with Crippen LogP contribution in [0.15, 0.2) is 0 Å². The zero-order chi connectivity index (χ0) is 12.4. The smallest absolute Gasteiger partial charge is 0.0220 e.